The van der Waals surface area contributed by atoms with Crippen LogP contribution < -0.4 is 21.4 Å². The summed E-state index contributed by atoms with van der Waals surface area (Å²) >= 11 is 12.6. The summed E-state index contributed by atoms with van der Waals surface area (Å²) in [6.07, 6.45) is 2.67. The zero-order valence-corrected chi connectivity index (χ0v) is 21.7. The van der Waals surface area contributed by atoms with Crippen LogP contribution in [0.4, 0.5) is 17.3 Å². The predicted molar refractivity (Wildman–Crippen MR) is 144 cm³/mol. The van der Waals surface area contributed by atoms with E-state index < -0.39 is 5.69 Å². The number of likely N-dealkylation sites (N-methyl/N-ethyl adjacent to an activating group) is 1. The molecule has 5 rings (SSSR count). The first-order chi connectivity index (χ1) is 17.2. The van der Waals surface area contributed by atoms with E-state index in [-0.39, 0.29) is 21.2 Å². The molecular formula is C25H26Cl2N8O. The molecule has 0 radical (unpaired) electrons. The van der Waals surface area contributed by atoms with Gasteiger partial charge in [0.1, 0.15) is 5.49 Å². The first kappa shape index (κ1) is 24.3. The third-order valence-electron chi connectivity index (χ3n) is 6.59. The number of nitrogens with one attached hydrogen (secondary N) is 2. The van der Waals surface area contributed by atoms with Gasteiger partial charge < -0.3 is 15.1 Å². The molecule has 0 spiro atoms. The van der Waals surface area contributed by atoms with Gasteiger partial charge in [0.05, 0.1) is 21.1 Å². The molecule has 1 aliphatic rings. The first-order valence-corrected chi connectivity index (χ1v) is 12.3. The van der Waals surface area contributed by atoms with Gasteiger partial charge in [-0.25, -0.2) is 14.3 Å². The number of benzene rings is 2. The summed E-state index contributed by atoms with van der Waals surface area (Å²) in [5, 5.41) is 12.8. The third-order valence-corrected chi connectivity index (χ3v) is 7.20. The highest BCUT2D eigenvalue weighted by molar-refractivity contribution is 6.37. The second-order valence-electron chi connectivity index (χ2n) is 9.05. The van der Waals surface area contributed by atoms with Gasteiger partial charge in [-0.1, -0.05) is 29.3 Å². The number of halogens is 2. The normalized spacial score (nSPS) is 15.7. The van der Waals surface area contributed by atoms with Crippen LogP contribution in [-0.4, -0.2) is 57.2 Å². The Morgan fingerprint density at radius 2 is 1.81 bits per heavy atom. The van der Waals surface area contributed by atoms with Crippen LogP contribution in [0.1, 0.15) is 6.42 Å². The van der Waals surface area contributed by atoms with Gasteiger partial charge in [0.2, 0.25) is 5.95 Å². The lowest BCUT2D eigenvalue weighted by atomic mass is 10.2. The summed E-state index contributed by atoms with van der Waals surface area (Å²) in [5.41, 5.74) is 1.99. The van der Waals surface area contributed by atoms with Crippen molar-refractivity contribution in [1.82, 2.24) is 24.0 Å². The van der Waals surface area contributed by atoms with Crippen molar-refractivity contribution in [2.24, 2.45) is 7.05 Å². The number of aromatic nitrogens is 4. The smallest absolute Gasteiger partial charge is 0.335 e. The van der Waals surface area contributed by atoms with E-state index in [0.717, 1.165) is 25.2 Å². The summed E-state index contributed by atoms with van der Waals surface area (Å²) in [4.78, 5) is 26.8. The van der Waals surface area contributed by atoms with Gasteiger partial charge >= 0.3 is 5.69 Å². The number of aryl methyl sites for hydroxylation is 1. The SMILES string of the molecule is CN(C)[C@@H]1CCN(c2ccc(Nc3ncc4c(=N)n(-c5c(Cl)cccc5Cl)c(=O)n(C)c4n3)cc2)C1. The van der Waals surface area contributed by atoms with Crippen molar-refractivity contribution >= 4 is 51.6 Å². The van der Waals surface area contributed by atoms with Crippen LogP contribution in [0.2, 0.25) is 10.0 Å². The molecule has 0 bridgehead atoms. The molecule has 1 aliphatic heterocycles. The van der Waals surface area contributed by atoms with E-state index in [2.05, 4.69) is 51.3 Å². The van der Waals surface area contributed by atoms with Crippen LogP contribution in [0.5, 0.6) is 0 Å². The Bertz CT molecular complexity index is 1540. The molecule has 186 valence electrons. The van der Waals surface area contributed by atoms with Gasteiger partial charge in [-0.3, -0.25) is 9.98 Å². The number of rotatable bonds is 5. The van der Waals surface area contributed by atoms with Gasteiger partial charge in [0.25, 0.3) is 0 Å². The lowest BCUT2D eigenvalue weighted by Crippen LogP contribution is -2.38. The maximum Gasteiger partial charge on any atom is 0.335 e. The summed E-state index contributed by atoms with van der Waals surface area (Å²) in [6, 6.07) is 13.6. The summed E-state index contributed by atoms with van der Waals surface area (Å²) in [6.45, 7) is 2.04. The van der Waals surface area contributed by atoms with Crippen molar-refractivity contribution in [1.29, 1.82) is 5.41 Å². The van der Waals surface area contributed by atoms with Crippen molar-refractivity contribution in [3.05, 3.63) is 74.7 Å². The fourth-order valence-corrected chi connectivity index (χ4v) is 5.07. The molecule has 0 saturated carbocycles. The highest BCUT2D eigenvalue weighted by Crippen LogP contribution is 2.27. The molecule has 1 saturated heterocycles. The quantitative estimate of drug-likeness (QED) is 0.412. The molecule has 3 heterocycles. The lowest BCUT2D eigenvalue weighted by molar-refractivity contribution is 0.315. The number of hydrogen-bond donors (Lipinski definition) is 2. The van der Waals surface area contributed by atoms with Crippen LogP contribution >= 0.6 is 23.2 Å². The molecular weight excluding hydrogens is 499 g/mol. The molecule has 1 atom stereocenters. The summed E-state index contributed by atoms with van der Waals surface area (Å²) in [5.74, 6) is 0.326. The van der Waals surface area contributed by atoms with E-state index in [0.29, 0.717) is 23.0 Å². The molecule has 11 heteroatoms. The van der Waals surface area contributed by atoms with E-state index in [9.17, 15) is 4.79 Å². The Morgan fingerprint density at radius 1 is 1.11 bits per heavy atom. The Hall–Kier alpha value is -3.40. The molecule has 2 aromatic heterocycles. The molecule has 2 N–H and O–H groups in total. The van der Waals surface area contributed by atoms with Crippen molar-refractivity contribution in [3.63, 3.8) is 0 Å². The number of fused-ring (bicyclic) bond motifs is 1. The van der Waals surface area contributed by atoms with E-state index >= 15 is 0 Å². The van der Waals surface area contributed by atoms with Crippen molar-refractivity contribution in [2.45, 2.75) is 12.5 Å². The second kappa shape index (κ2) is 9.57. The van der Waals surface area contributed by atoms with E-state index in [1.54, 1.807) is 25.2 Å². The van der Waals surface area contributed by atoms with E-state index in [1.165, 1.54) is 21.0 Å². The Balaban J connectivity index is 1.45. The van der Waals surface area contributed by atoms with Crippen molar-refractivity contribution < 1.29 is 0 Å². The van der Waals surface area contributed by atoms with Gasteiger partial charge in [-0.15, -0.1) is 0 Å². The fraction of sp³-hybridized carbons (Fsp3) is 0.280. The average Bonchev–Trinajstić information content (AvgIpc) is 3.36. The summed E-state index contributed by atoms with van der Waals surface area (Å²) in [7, 11) is 5.83. The number of anilines is 3. The van der Waals surface area contributed by atoms with Crippen molar-refractivity contribution in [2.75, 3.05) is 37.4 Å². The molecule has 9 nitrogen and oxygen atoms in total. The van der Waals surface area contributed by atoms with Gasteiger partial charge in [-0.2, -0.15) is 4.98 Å². The largest absolute Gasteiger partial charge is 0.370 e. The van der Waals surface area contributed by atoms with Crippen LogP contribution in [0.25, 0.3) is 16.7 Å². The molecule has 36 heavy (non-hydrogen) atoms. The van der Waals surface area contributed by atoms with Gasteiger partial charge in [-0.05, 0) is 56.9 Å². The lowest BCUT2D eigenvalue weighted by Gasteiger charge is -2.22. The maximum absolute atomic E-state index is 13.2. The molecule has 1 fully saturated rings. The van der Waals surface area contributed by atoms with Crippen molar-refractivity contribution in [3.8, 4) is 5.69 Å². The fourth-order valence-electron chi connectivity index (χ4n) is 4.51. The standard InChI is InChI=1S/C25H26Cl2N8O/c1-32(2)17-11-12-34(14-17)16-9-7-15(8-10-16)30-24-29-13-18-22(28)35(25(36)33(3)23(18)31-24)21-19(26)5-4-6-20(21)27/h4-10,13,17,28H,11-12,14H2,1-3H3,(H,29,30,31)/t17-/m1/s1. The number of para-hydroxylation sites is 1. The molecule has 0 aliphatic carbocycles. The van der Waals surface area contributed by atoms with Gasteiger partial charge in [0.15, 0.2) is 5.65 Å². The second-order valence-corrected chi connectivity index (χ2v) is 9.87. The minimum Gasteiger partial charge on any atom is -0.370 e. The minimum atomic E-state index is -0.488. The first-order valence-electron chi connectivity index (χ1n) is 11.5. The highest BCUT2D eigenvalue weighted by atomic mass is 35.5. The van der Waals surface area contributed by atoms with Crippen LogP contribution in [0.15, 0.2) is 53.5 Å². The Morgan fingerprint density at radius 3 is 2.44 bits per heavy atom. The Labute approximate surface area is 218 Å². The van der Waals surface area contributed by atoms with E-state index in [4.69, 9.17) is 28.6 Å². The topological polar surface area (TPSA) is 95.1 Å². The van der Waals surface area contributed by atoms with Crippen LogP contribution in [-0.2, 0) is 7.05 Å². The van der Waals surface area contributed by atoms with Crippen LogP contribution in [0.3, 0.4) is 0 Å². The molecule has 2 aromatic carbocycles. The molecule has 4 aromatic rings. The molecule has 0 unspecified atom stereocenters. The van der Waals surface area contributed by atoms with Crippen LogP contribution in [0, 0.1) is 5.41 Å². The zero-order valence-electron chi connectivity index (χ0n) is 20.2. The molecule has 0 amide bonds. The average molecular weight is 525 g/mol. The van der Waals surface area contributed by atoms with E-state index in [1.807, 2.05) is 12.1 Å². The zero-order chi connectivity index (χ0) is 25.6. The summed E-state index contributed by atoms with van der Waals surface area (Å²) < 4.78 is 2.53. The highest BCUT2D eigenvalue weighted by Gasteiger charge is 2.24. The predicted octanol–water partition coefficient (Wildman–Crippen LogP) is 3.79. The number of hydrogen-bond acceptors (Lipinski definition) is 7. The maximum atomic E-state index is 13.2. The minimum absolute atomic E-state index is 0.0966. The van der Waals surface area contributed by atoms with Gasteiger partial charge in [0, 0.05) is 43.8 Å². The Kier molecular flexibility index (Phi) is 6.46. The monoisotopic (exact) mass is 524 g/mol. The third kappa shape index (κ3) is 4.34. The number of nitrogens with zero attached hydrogens (tertiary/aromatic N) is 6.